The molecule has 3 rings (SSSR count). The molecule has 0 aliphatic heterocycles. The molecule has 0 radical (unpaired) electrons. The van der Waals surface area contributed by atoms with Gasteiger partial charge >= 0.3 is 0 Å². The molecular weight excluding hydrogens is 266 g/mol. The predicted octanol–water partition coefficient (Wildman–Crippen LogP) is 3.02. The third-order valence-electron chi connectivity index (χ3n) is 5.68. The third-order valence-corrected chi connectivity index (χ3v) is 6.78. The van der Waals surface area contributed by atoms with Gasteiger partial charge in [0.25, 0.3) is 0 Å². The van der Waals surface area contributed by atoms with E-state index in [-0.39, 0.29) is 0 Å². The van der Waals surface area contributed by atoms with E-state index in [1.54, 1.807) is 0 Å². The highest BCUT2D eigenvalue weighted by Gasteiger charge is 2.48. The van der Waals surface area contributed by atoms with Crippen molar-refractivity contribution >= 4 is 17.7 Å². The summed E-state index contributed by atoms with van der Waals surface area (Å²) in [5.74, 6) is 2.04. The summed E-state index contributed by atoms with van der Waals surface area (Å²) in [5.41, 5.74) is 0.620. The van der Waals surface area contributed by atoms with Crippen molar-refractivity contribution in [3.63, 3.8) is 0 Å². The lowest BCUT2D eigenvalue weighted by atomic mass is 9.65. The SMILES string of the molecule is CN=C(NCC1(C2CC2)CCC1)NC1CCC(SC)C1. The summed E-state index contributed by atoms with van der Waals surface area (Å²) in [7, 11) is 1.90. The van der Waals surface area contributed by atoms with E-state index in [2.05, 4.69) is 21.9 Å². The zero-order valence-electron chi connectivity index (χ0n) is 13.0. The Balaban J connectivity index is 1.45. The molecule has 20 heavy (non-hydrogen) atoms. The molecule has 3 saturated carbocycles. The molecule has 0 heterocycles. The Labute approximate surface area is 127 Å². The molecule has 0 amide bonds. The first-order valence-electron chi connectivity index (χ1n) is 8.26. The van der Waals surface area contributed by atoms with Crippen LogP contribution in [-0.2, 0) is 0 Å². The van der Waals surface area contributed by atoms with Gasteiger partial charge in [-0.1, -0.05) is 6.42 Å². The van der Waals surface area contributed by atoms with Crippen LogP contribution in [0.5, 0.6) is 0 Å². The Morgan fingerprint density at radius 2 is 2.05 bits per heavy atom. The van der Waals surface area contributed by atoms with Crippen molar-refractivity contribution in [1.82, 2.24) is 10.6 Å². The fraction of sp³-hybridized carbons (Fsp3) is 0.938. The lowest BCUT2D eigenvalue weighted by Gasteiger charge is -2.43. The van der Waals surface area contributed by atoms with Crippen LogP contribution >= 0.6 is 11.8 Å². The number of nitrogens with one attached hydrogen (secondary N) is 2. The van der Waals surface area contributed by atoms with Crippen LogP contribution in [0.1, 0.15) is 51.4 Å². The van der Waals surface area contributed by atoms with E-state index in [1.807, 2.05) is 18.8 Å². The molecule has 2 N–H and O–H groups in total. The number of rotatable bonds is 5. The van der Waals surface area contributed by atoms with Crippen molar-refractivity contribution in [3.8, 4) is 0 Å². The highest BCUT2D eigenvalue weighted by molar-refractivity contribution is 7.99. The number of guanidine groups is 1. The molecule has 0 aromatic carbocycles. The summed E-state index contributed by atoms with van der Waals surface area (Å²) in [5, 5.41) is 8.10. The van der Waals surface area contributed by atoms with Gasteiger partial charge in [0.15, 0.2) is 5.96 Å². The Hall–Kier alpha value is -0.380. The Morgan fingerprint density at radius 3 is 2.55 bits per heavy atom. The van der Waals surface area contributed by atoms with Crippen molar-refractivity contribution in [2.24, 2.45) is 16.3 Å². The average molecular weight is 295 g/mol. The summed E-state index contributed by atoms with van der Waals surface area (Å²) in [6.07, 6.45) is 13.4. The standard InChI is InChI=1S/C16H29N3S/c1-17-15(19-13-6-7-14(10-13)20-2)18-11-16(8-3-9-16)12-4-5-12/h12-14H,3-11H2,1-2H3,(H2,17,18,19). The fourth-order valence-electron chi connectivity index (χ4n) is 3.99. The number of aliphatic imine (C=N–C) groups is 1. The largest absolute Gasteiger partial charge is 0.356 e. The lowest BCUT2D eigenvalue weighted by molar-refractivity contribution is 0.105. The van der Waals surface area contributed by atoms with Crippen LogP contribution in [0.25, 0.3) is 0 Å². The van der Waals surface area contributed by atoms with E-state index in [0.29, 0.717) is 11.5 Å². The average Bonchev–Trinajstić information content (AvgIpc) is 3.16. The van der Waals surface area contributed by atoms with Gasteiger partial charge in [-0.2, -0.15) is 11.8 Å². The van der Waals surface area contributed by atoms with Gasteiger partial charge in [0, 0.05) is 24.9 Å². The first kappa shape index (κ1) is 14.6. The van der Waals surface area contributed by atoms with E-state index >= 15 is 0 Å². The van der Waals surface area contributed by atoms with E-state index in [4.69, 9.17) is 0 Å². The molecule has 0 spiro atoms. The molecule has 114 valence electrons. The maximum Gasteiger partial charge on any atom is 0.191 e. The van der Waals surface area contributed by atoms with Crippen molar-refractivity contribution in [2.45, 2.75) is 62.7 Å². The number of hydrogen-bond donors (Lipinski definition) is 2. The van der Waals surface area contributed by atoms with Crippen LogP contribution in [0.3, 0.4) is 0 Å². The maximum absolute atomic E-state index is 4.43. The number of nitrogens with zero attached hydrogens (tertiary/aromatic N) is 1. The van der Waals surface area contributed by atoms with E-state index in [0.717, 1.165) is 23.7 Å². The van der Waals surface area contributed by atoms with Gasteiger partial charge < -0.3 is 10.6 Å². The summed E-state index contributed by atoms with van der Waals surface area (Å²) in [4.78, 5) is 4.43. The first-order chi connectivity index (χ1) is 9.75. The van der Waals surface area contributed by atoms with E-state index in [1.165, 1.54) is 51.4 Å². The smallest absolute Gasteiger partial charge is 0.191 e. The number of hydrogen-bond acceptors (Lipinski definition) is 2. The minimum absolute atomic E-state index is 0.620. The summed E-state index contributed by atoms with van der Waals surface area (Å²) < 4.78 is 0. The molecule has 3 fully saturated rings. The van der Waals surface area contributed by atoms with Gasteiger partial charge in [-0.05, 0) is 62.5 Å². The zero-order valence-corrected chi connectivity index (χ0v) is 13.8. The second-order valence-electron chi connectivity index (χ2n) is 6.93. The molecule has 0 saturated heterocycles. The quantitative estimate of drug-likeness (QED) is 0.605. The minimum atomic E-state index is 0.620. The molecule has 2 unspecified atom stereocenters. The van der Waals surface area contributed by atoms with Gasteiger partial charge in [0.05, 0.1) is 0 Å². The molecule has 0 aromatic rings. The van der Waals surface area contributed by atoms with Gasteiger partial charge in [-0.15, -0.1) is 0 Å². The summed E-state index contributed by atoms with van der Waals surface area (Å²) in [6, 6.07) is 0.622. The van der Waals surface area contributed by atoms with Gasteiger partial charge in [0.2, 0.25) is 0 Å². The molecule has 3 aliphatic carbocycles. The highest BCUT2D eigenvalue weighted by Crippen LogP contribution is 2.56. The first-order valence-corrected chi connectivity index (χ1v) is 9.54. The molecule has 4 heteroatoms. The van der Waals surface area contributed by atoms with E-state index < -0.39 is 0 Å². The van der Waals surface area contributed by atoms with Crippen LogP contribution < -0.4 is 10.6 Å². The Kier molecular flexibility index (Phi) is 4.49. The van der Waals surface area contributed by atoms with Crippen LogP contribution in [0.15, 0.2) is 4.99 Å². The molecule has 0 bridgehead atoms. The Bertz CT molecular complexity index is 361. The van der Waals surface area contributed by atoms with Gasteiger partial charge in [0.1, 0.15) is 0 Å². The normalized spacial score (nSPS) is 32.8. The van der Waals surface area contributed by atoms with Crippen LogP contribution in [-0.4, -0.2) is 37.1 Å². The fourth-order valence-corrected chi connectivity index (χ4v) is 4.79. The van der Waals surface area contributed by atoms with Crippen LogP contribution in [0, 0.1) is 11.3 Å². The molecule has 3 aliphatic rings. The molecular formula is C16H29N3S. The summed E-state index contributed by atoms with van der Waals surface area (Å²) >= 11 is 2.01. The van der Waals surface area contributed by atoms with E-state index in [9.17, 15) is 0 Å². The van der Waals surface area contributed by atoms with Crippen molar-refractivity contribution < 1.29 is 0 Å². The van der Waals surface area contributed by atoms with Crippen molar-refractivity contribution in [3.05, 3.63) is 0 Å². The number of thioether (sulfide) groups is 1. The second-order valence-corrected chi connectivity index (χ2v) is 8.07. The zero-order chi connectivity index (χ0) is 14.0. The van der Waals surface area contributed by atoms with Gasteiger partial charge in [-0.3, -0.25) is 4.99 Å². The molecule has 0 aromatic heterocycles. The Morgan fingerprint density at radius 1 is 1.25 bits per heavy atom. The highest BCUT2D eigenvalue weighted by atomic mass is 32.2. The van der Waals surface area contributed by atoms with Crippen LogP contribution in [0.2, 0.25) is 0 Å². The minimum Gasteiger partial charge on any atom is -0.356 e. The van der Waals surface area contributed by atoms with Crippen LogP contribution in [0.4, 0.5) is 0 Å². The van der Waals surface area contributed by atoms with Gasteiger partial charge in [-0.25, -0.2) is 0 Å². The monoisotopic (exact) mass is 295 g/mol. The van der Waals surface area contributed by atoms with Crippen molar-refractivity contribution in [1.29, 1.82) is 0 Å². The summed E-state index contributed by atoms with van der Waals surface area (Å²) in [6.45, 7) is 1.13. The van der Waals surface area contributed by atoms with Crippen molar-refractivity contribution in [2.75, 3.05) is 19.8 Å². The molecule has 2 atom stereocenters. The molecule has 3 nitrogen and oxygen atoms in total. The predicted molar refractivity (Wildman–Crippen MR) is 88.4 cm³/mol. The third kappa shape index (κ3) is 3.10. The topological polar surface area (TPSA) is 36.4 Å². The maximum atomic E-state index is 4.43. The second kappa shape index (κ2) is 6.17. The lowest BCUT2D eigenvalue weighted by Crippen LogP contribution is -2.49.